The number of carboxylic acids is 1. The van der Waals surface area contributed by atoms with Gasteiger partial charge in [-0.25, -0.2) is 4.79 Å². The third-order valence-electron chi connectivity index (χ3n) is 2.44. The number of carboxylic acid groups (broad SMARTS) is 1. The molecule has 1 aromatic carbocycles. The Hall–Kier alpha value is -1.60. The fourth-order valence-electron chi connectivity index (χ4n) is 1.59. The normalized spacial score (nSPS) is 10.3. The molecule has 0 radical (unpaired) electrons. The lowest BCUT2D eigenvalue weighted by atomic mass is 10.2. The molecule has 0 unspecified atom stereocenters. The SMILES string of the molecule is COc1cc(Br)cc(Nc2snc(C)c2C(=O)O)c1. The second-order valence-corrected chi connectivity index (χ2v) is 5.47. The first-order valence-electron chi connectivity index (χ1n) is 5.32. The molecule has 0 spiro atoms. The number of ether oxygens (including phenoxy) is 1. The van der Waals surface area contributed by atoms with Gasteiger partial charge in [0.15, 0.2) is 0 Å². The molecule has 2 N–H and O–H groups in total. The van der Waals surface area contributed by atoms with Crippen LogP contribution in [0.2, 0.25) is 0 Å². The number of benzene rings is 1. The van der Waals surface area contributed by atoms with Gasteiger partial charge in [0.2, 0.25) is 0 Å². The van der Waals surface area contributed by atoms with Crippen LogP contribution in [0.15, 0.2) is 22.7 Å². The van der Waals surface area contributed by atoms with Gasteiger partial charge in [0, 0.05) is 16.2 Å². The summed E-state index contributed by atoms with van der Waals surface area (Å²) in [4.78, 5) is 11.2. The predicted octanol–water partition coefficient (Wildman–Crippen LogP) is 3.66. The maximum Gasteiger partial charge on any atom is 0.340 e. The molecule has 2 rings (SSSR count). The van der Waals surface area contributed by atoms with Gasteiger partial charge in [-0.2, -0.15) is 4.37 Å². The van der Waals surface area contributed by atoms with E-state index in [-0.39, 0.29) is 5.56 Å². The minimum atomic E-state index is -0.990. The van der Waals surface area contributed by atoms with Gasteiger partial charge < -0.3 is 15.2 Å². The Morgan fingerprint density at radius 1 is 1.47 bits per heavy atom. The van der Waals surface area contributed by atoms with Gasteiger partial charge in [-0.1, -0.05) is 15.9 Å². The first-order valence-corrected chi connectivity index (χ1v) is 6.89. The van der Waals surface area contributed by atoms with E-state index < -0.39 is 5.97 Å². The van der Waals surface area contributed by atoms with E-state index in [1.165, 1.54) is 0 Å². The van der Waals surface area contributed by atoms with Crippen molar-refractivity contribution in [2.75, 3.05) is 12.4 Å². The van der Waals surface area contributed by atoms with E-state index in [0.29, 0.717) is 16.4 Å². The highest BCUT2D eigenvalue weighted by Crippen LogP contribution is 2.31. The van der Waals surface area contributed by atoms with Gasteiger partial charge in [-0.05, 0) is 30.6 Å². The highest BCUT2D eigenvalue weighted by molar-refractivity contribution is 9.10. The standard InChI is InChI=1S/C12H11BrN2O3S/c1-6-10(12(16)17)11(19-15-6)14-8-3-7(13)4-9(5-8)18-2/h3-5,14H,1-2H3,(H,16,17). The molecule has 0 bridgehead atoms. The van der Waals surface area contributed by atoms with Gasteiger partial charge in [-0.3, -0.25) is 0 Å². The molecule has 7 heteroatoms. The van der Waals surface area contributed by atoms with Crippen LogP contribution in [-0.2, 0) is 0 Å². The Morgan fingerprint density at radius 2 is 2.21 bits per heavy atom. The van der Waals surface area contributed by atoms with Crippen molar-refractivity contribution in [3.05, 3.63) is 33.9 Å². The van der Waals surface area contributed by atoms with E-state index in [1.807, 2.05) is 12.1 Å². The number of hydrogen-bond donors (Lipinski definition) is 2. The molecule has 1 aromatic heterocycles. The van der Waals surface area contributed by atoms with Gasteiger partial charge in [-0.15, -0.1) is 0 Å². The Balaban J connectivity index is 2.36. The molecule has 0 aliphatic heterocycles. The number of carbonyl (C=O) groups is 1. The molecule has 0 saturated carbocycles. The number of rotatable bonds is 4. The lowest BCUT2D eigenvalue weighted by Crippen LogP contribution is -2.01. The molecule has 0 atom stereocenters. The van der Waals surface area contributed by atoms with Crippen molar-refractivity contribution in [3.8, 4) is 5.75 Å². The largest absolute Gasteiger partial charge is 0.497 e. The summed E-state index contributed by atoms with van der Waals surface area (Å²) in [6.07, 6.45) is 0. The number of nitrogens with one attached hydrogen (secondary N) is 1. The van der Waals surface area contributed by atoms with Crippen molar-refractivity contribution < 1.29 is 14.6 Å². The van der Waals surface area contributed by atoms with Crippen molar-refractivity contribution >= 4 is 44.1 Å². The molecular formula is C12H11BrN2O3S. The number of aromatic carboxylic acids is 1. The fraction of sp³-hybridized carbons (Fsp3) is 0.167. The Bertz CT molecular complexity index is 627. The smallest absolute Gasteiger partial charge is 0.340 e. The van der Waals surface area contributed by atoms with Gasteiger partial charge >= 0.3 is 5.97 Å². The average Bonchev–Trinajstić information content (AvgIpc) is 2.69. The first-order chi connectivity index (χ1) is 9.01. The summed E-state index contributed by atoms with van der Waals surface area (Å²) in [6, 6.07) is 5.44. The number of nitrogens with zero attached hydrogens (tertiary/aromatic N) is 1. The third kappa shape index (κ3) is 3.05. The number of methoxy groups -OCH3 is 1. The molecule has 0 amide bonds. The average molecular weight is 343 g/mol. The number of aromatic nitrogens is 1. The molecule has 0 fully saturated rings. The summed E-state index contributed by atoms with van der Waals surface area (Å²) in [5.41, 5.74) is 1.43. The zero-order valence-corrected chi connectivity index (χ0v) is 12.6. The second-order valence-electron chi connectivity index (χ2n) is 3.78. The van der Waals surface area contributed by atoms with Crippen LogP contribution in [0, 0.1) is 6.92 Å². The number of aryl methyl sites for hydroxylation is 1. The van der Waals surface area contributed by atoms with Crippen molar-refractivity contribution in [2.45, 2.75) is 6.92 Å². The maximum absolute atomic E-state index is 11.2. The topological polar surface area (TPSA) is 71.5 Å². The van der Waals surface area contributed by atoms with Crippen molar-refractivity contribution in [2.24, 2.45) is 0 Å². The van der Waals surface area contributed by atoms with Crippen LogP contribution in [0.1, 0.15) is 16.1 Å². The Labute approximate surface area is 122 Å². The lowest BCUT2D eigenvalue weighted by Gasteiger charge is -2.08. The summed E-state index contributed by atoms with van der Waals surface area (Å²) < 4.78 is 10.1. The lowest BCUT2D eigenvalue weighted by molar-refractivity contribution is 0.0697. The van der Waals surface area contributed by atoms with Crippen LogP contribution in [0.25, 0.3) is 0 Å². The molecule has 100 valence electrons. The van der Waals surface area contributed by atoms with Crippen LogP contribution in [-0.4, -0.2) is 22.6 Å². The minimum absolute atomic E-state index is 0.198. The zero-order valence-electron chi connectivity index (χ0n) is 10.2. The fourth-order valence-corrected chi connectivity index (χ4v) is 2.87. The predicted molar refractivity (Wildman–Crippen MR) is 77.8 cm³/mol. The Kier molecular flexibility index (Phi) is 4.06. The van der Waals surface area contributed by atoms with Crippen molar-refractivity contribution in [1.82, 2.24) is 4.37 Å². The molecule has 0 aliphatic rings. The van der Waals surface area contributed by atoms with E-state index >= 15 is 0 Å². The van der Waals surface area contributed by atoms with E-state index in [9.17, 15) is 4.79 Å². The van der Waals surface area contributed by atoms with E-state index in [1.54, 1.807) is 20.1 Å². The number of halogens is 1. The summed E-state index contributed by atoms with van der Waals surface area (Å²) in [5.74, 6) is -0.314. The molecule has 2 aromatic rings. The maximum atomic E-state index is 11.2. The molecule has 1 heterocycles. The highest BCUT2D eigenvalue weighted by Gasteiger charge is 2.17. The zero-order chi connectivity index (χ0) is 14.0. The third-order valence-corrected chi connectivity index (χ3v) is 3.75. The summed E-state index contributed by atoms with van der Waals surface area (Å²) in [7, 11) is 1.57. The minimum Gasteiger partial charge on any atom is -0.497 e. The Morgan fingerprint density at radius 3 is 2.84 bits per heavy atom. The first kappa shape index (κ1) is 13.8. The summed E-state index contributed by atoms with van der Waals surface area (Å²) in [6.45, 7) is 1.67. The quantitative estimate of drug-likeness (QED) is 0.886. The monoisotopic (exact) mass is 342 g/mol. The van der Waals surface area contributed by atoms with Crippen LogP contribution >= 0.6 is 27.5 Å². The van der Waals surface area contributed by atoms with Crippen molar-refractivity contribution in [1.29, 1.82) is 0 Å². The van der Waals surface area contributed by atoms with E-state index in [4.69, 9.17) is 9.84 Å². The molecule has 19 heavy (non-hydrogen) atoms. The number of hydrogen-bond acceptors (Lipinski definition) is 5. The molecular weight excluding hydrogens is 332 g/mol. The van der Waals surface area contributed by atoms with Crippen LogP contribution in [0.4, 0.5) is 10.7 Å². The second kappa shape index (κ2) is 5.58. The molecule has 5 nitrogen and oxygen atoms in total. The van der Waals surface area contributed by atoms with Gasteiger partial charge in [0.05, 0.1) is 12.8 Å². The van der Waals surface area contributed by atoms with Crippen molar-refractivity contribution in [3.63, 3.8) is 0 Å². The van der Waals surface area contributed by atoms with Crippen LogP contribution < -0.4 is 10.1 Å². The van der Waals surface area contributed by atoms with E-state index in [2.05, 4.69) is 25.6 Å². The van der Waals surface area contributed by atoms with Crippen LogP contribution in [0.5, 0.6) is 5.75 Å². The van der Waals surface area contributed by atoms with E-state index in [0.717, 1.165) is 21.7 Å². The summed E-state index contributed by atoms with van der Waals surface area (Å²) in [5, 5.41) is 12.7. The van der Waals surface area contributed by atoms with Gasteiger partial charge in [0.1, 0.15) is 16.3 Å². The number of anilines is 2. The van der Waals surface area contributed by atoms with Crippen LogP contribution in [0.3, 0.4) is 0 Å². The molecule has 0 saturated heterocycles. The molecule has 0 aliphatic carbocycles. The van der Waals surface area contributed by atoms with Gasteiger partial charge in [0.25, 0.3) is 0 Å². The highest BCUT2D eigenvalue weighted by atomic mass is 79.9. The summed E-state index contributed by atoms with van der Waals surface area (Å²) >= 11 is 4.49.